The van der Waals surface area contributed by atoms with Crippen molar-refractivity contribution in [1.29, 1.82) is 0 Å². The van der Waals surface area contributed by atoms with Gasteiger partial charge in [0.05, 0.1) is 11.0 Å². The fourth-order valence-electron chi connectivity index (χ4n) is 2.41. The van der Waals surface area contributed by atoms with Gasteiger partial charge >= 0.3 is 0 Å². The highest BCUT2D eigenvalue weighted by Crippen LogP contribution is 2.22. The second-order valence-electron chi connectivity index (χ2n) is 4.92. The third kappa shape index (κ3) is 3.31. The molecule has 20 heavy (non-hydrogen) atoms. The average molecular weight is 298 g/mol. The molecule has 2 rings (SSSR count). The highest BCUT2D eigenvalue weighted by atomic mass is 32.2. The Kier molecular flexibility index (Phi) is 5.01. The summed E-state index contributed by atoms with van der Waals surface area (Å²) in [5, 5.41) is 3.15. The predicted octanol–water partition coefficient (Wildman–Crippen LogP) is 1.92. The minimum atomic E-state index is -3.41. The van der Waals surface area contributed by atoms with Crippen LogP contribution in [0.2, 0.25) is 0 Å². The minimum Gasteiger partial charge on any atom is -0.385 e. The van der Waals surface area contributed by atoms with Gasteiger partial charge in [-0.2, -0.15) is 4.31 Å². The van der Waals surface area contributed by atoms with Crippen molar-refractivity contribution in [2.24, 2.45) is 0 Å². The Hall–Kier alpha value is -1.11. The van der Waals surface area contributed by atoms with E-state index in [1.165, 1.54) is 4.31 Å². The van der Waals surface area contributed by atoms with E-state index < -0.39 is 10.0 Å². The SMILES string of the molecule is CCNc1ccc(S(=O)(=O)N2CCCC(OC)C2)cc1. The van der Waals surface area contributed by atoms with Gasteiger partial charge in [0.25, 0.3) is 0 Å². The number of hydrogen-bond donors (Lipinski definition) is 1. The number of rotatable bonds is 5. The summed E-state index contributed by atoms with van der Waals surface area (Å²) in [6.07, 6.45) is 1.76. The fourth-order valence-corrected chi connectivity index (χ4v) is 3.92. The lowest BCUT2D eigenvalue weighted by Crippen LogP contribution is -2.42. The van der Waals surface area contributed by atoms with Gasteiger partial charge in [0.1, 0.15) is 0 Å². The summed E-state index contributed by atoms with van der Waals surface area (Å²) in [7, 11) is -1.78. The maximum absolute atomic E-state index is 12.6. The summed E-state index contributed by atoms with van der Waals surface area (Å²) < 4.78 is 31.9. The first-order chi connectivity index (χ1) is 9.57. The smallest absolute Gasteiger partial charge is 0.243 e. The Labute approximate surface area is 121 Å². The predicted molar refractivity (Wildman–Crippen MR) is 79.4 cm³/mol. The Morgan fingerprint density at radius 1 is 1.35 bits per heavy atom. The molecule has 1 heterocycles. The third-order valence-electron chi connectivity index (χ3n) is 3.55. The molecule has 0 bridgehead atoms. The molecule has 112 valence electrons. The van der Waals surface area contributed by atoms with Crippen LogP contribution in [0, 0.1) is 0 Å². The Morgan fingerprint density at radius 2 is 2.05 bits per heavy atom. The van der Waals surface area contributed by atoms with Crippen molar-refractivity contribution in [3.63, 3.8) is 0 Å². The molecule has 1 fully saturated rings. The Balaban J connectivity index is 2.16. The molecule has 0 radical (unpaired) electrons. The topological polar surface area (TPSA) is 58.6 Å². The highest BCUT2D eigenvalue weighted by Gasteiger charge is 2.30. The van der Waals surface area contributed by atoms with Crippen molar-refractivity contribution in [2.75, 3.05) is 32.1 Å². The van der Waals surface area contributed by atoms with Crippen molar-refractivity contribution < 1.29 is 13.2 Å². The van der Waals surface area contributed by atoms with Gasteiger partial charge in [-0.1, -0.05) is 0 Å². The Morgan fingerprint density at radius 3 is 2.65 bits per heavy atom. The Bertz CT molecular complexity index is 528. The van der Waals surface area contributed by atoms with E-state index in [2.05, 4.69) is 5.32 Å². The molecule has 1 atom stereocenters. The molecule has 1 saturated heterocycles. The summed E-state index contributed by atoms with van der Waals surface area (Å²) in [6.45, 7) is 3.82. The molecular weight excluding hydrogens is 276 g/mol. The standard InChI is InChI=1S/C14H22N2O3S/c1-3-15-12-6-8-14(9-7-12)20(17,18)16-10-4-5-13(11-16)19-2/h6-9,13,15H,3-5,10-11H2,1-2H3. The van der Waals surface area contributed by atoms with E-state index in [0.29, 0.717) is 18.0 Å². The molecule has 1 N–H and O–H groups in total. The van der Waals surface area contributed by atoms with Gasteiger partial charge in [0, 0.05) is 32.4 Å². The largest absolute Gasteiger partial charge is 0.385 e. The lowest BCUT2D eigenvalue weighted by atomic mass is 10.1. The number of methoxy groups -OCH3 is 1. The quantitative estimate of drug-likeness (QED) is 0.902. The van der Waals surface area contributed by atoms with Crippen LogP contribution in [0.25, 0.3) is 0 Å². The van der Waals surface area contributed by atoms with Gasteiger partial charge in [-0.3, -0.25) is 0 Å². The van der Waals surface area contributed by atoms with Gasteiger partial charge in [-0.05, 0) is 44.0 Å². The lowest BCUT2D eigenvalue weighted by molar-refractivity contribution is 0.0572. The van der Waals surface area contributed by atoms with Gasteiger partial charge < -0.3 is 10.1 Å². The van der Waals surface area contributed by atoms with Crippen LogP contribution in [0.5, 0.6) is 0 Å². The summed E-state index contributed by atoms with van der Waals surface area (Å²) in [6, 6.07) is 6.91. The molecule has 0 amide bonds. The van der Waals surface area contributed by atoms with E-state index >= 15 is 0 Å². The van der Waals surface area contributed by atoms with Gasteiger partial charge in [-0.25, -0.2) is 8.42 Å². The van der Waals surface area contributed by atoms with Crippen LogP contribution >= 0.6 is 0 Å². The van der Waals surface area contributed by atoms with Crippen LogP contribution in [0.3, 0.4) is 0 Å². The summed E-state index contributed by atoms with van der Waals surface area (Å²) in [5.74, 6) is 0. The van der Waals surface area contributed by atoms with E-state index in [1.54, 1.807) is 31.4 Å². The minimum absolute atomic E-state index is 0.000411. The van der Waals surface area contributed by atoms with E-state index in [4.69, 9.17) is 4.74 Å². The van der Waals surface area contributed by atoms with Crippen LogP contribution in [0.4, 0.5) is 5.69 Å². The van der Waals surface area contributed by atoms with Crippen LogP contribution in [0.1, 0.15) is 19.8 Å². The molecule has 1 aliphatic heterocycles. The number of ether oxygens (including phenoxy) is 1. The summed E-state index contributed by atoms with van der Waals surface area (Å²) in [4.78, 5) is 0.343. The van der Waals surface area contributed by atoms with E-state index in [1.807, 2.05) is 6.92 Å². The maximum Gasteiger partial charge on any atom is 0.243 e. The molecule has 1 aromatic carbocycles. The maximum atomic E-state index is 12.6. The fraction of sp³-hybridized carbons (Fsp3) is 0.571. The molecule has 1 unspecified atom stereocenters. The lowest BCUT2D eigenvalue weighted by Gasteiger charge is -2.31. The average Bonchev–Trinajstić information content (AvgIpc) is 2.48. The van der Waals surface area contributed by atoms with E-state index in [-0.39, 0.29) is 6.10 Å². The first kappa shape index (κ1) is 15.3. The zero-order valence-electron chi connectivity index (χ0n) is 12.0. The summed E-state index contributed by atoms with van der Waals surface area (Å²) in [5.41, 5.74) is 0.930. The number of hydrogen-bond acceptors (Lipinski definition) is 4. The van der Waals surface area contributed by atoms with Crippen LogP contribution in [-0.4, -0.2) is 45.6 Å². The normalized spacial score (nSPS) is 20.8. The van der Waals surface area contributed by atoms with Crippen molar-refractivity contribution >= 4 is 15.7 Å². The molecular formula is C14H22N2O3S. The second-order valence-corrected chi connectivity index (χ2v) is 6.86. The number of anilines is 1. The highest BCUT2D eigenvalue weighted by molar-refractivity contribution is 7.89. The van der Waals surface area contributed by atoms with E-state index in [0.717, 1.165) is 25.1 Å². The molecule has 5 nitrogen and oxygen atoms in total. The van der Waals surface area contributed by atoms with Gasteiger partial charge in [0.15, 0.2) is 0 Å². The van der Waals surface area contributed by atoms with Crippen molar-refractivity contribution in [2.45, 2.75) is 30.8 Å². The molecule has 1 aromatic rings. The first-order valence-electron chi connectivity index (χ1n) is 6.94. The van der Waals surface area contributed by atoms with Gasteiger partial charge in [0.2, 0.25) is 10.0 Å². The monoisotopic (exact) mass is 298 g/mol. The molecule has 6 heteroatoms. The molecule has 0 aliphatic carbocycles. The number of piperidine rings is 1. The van der Waals surface area contributed by atoms with Crippen molar-refractivity contribution in [1.82, 2.24) is 4.31 Å². The first-order valence-corrected chi connectivity index (χ1v) is 8.39. The zero-order valence-corrected chi connectivity index (χ0v) is 12.8. The van der Waals surface area contributed by atoms with Crippen molar-refractivity contribution in [3.8, 4) is 0 Å². The van der Waals surface area contributed by atoms with Crippen LogP contribution in [-0.2, 0) is 14.8 Å². The molecule has 0 saturated carbocycles. The number of nitrogens with one attached hydrogen (secondary N) is 1. The summed E-state index contributed by atoms with van der Waals surface area (Å²) >= 11 is 0. The number of sulfonamides is 1. The third-order valence-corrected chi connectivity index (χ3v) is 5.43. The molecule has 1 aliphatic rings. The number of nitrogens with zero attached hydrogens (tertiary/aromatic N) is 1. The molecule has 0 aromatic heterocycles. The van der Waals surface area contributed by atoms with E-state index in [9.17, 15) is 8.42 Å². The van der Waals surface area contributed by atoms with Crippen LogP contribution in [0.15, 0.2) is 29.2 Å². The molecule has 0 spiro atoms. The second kappa shape index (κ2) is 6.56. The van der Waals surface area contributed by atoms with Gasteiger partial charge in [-0.15, -0.1) is 0 Å². The van der Waals surface area contributed by atoms with Crippen molar-refractivity contribution in [3.05, 3.63) is 24.3 Å². The number of benzene rings is 1. The van der Waals surface area contributed by atoms with Crippen LogP contribution < -0.4 is 5.32 Å². The zero-order chi connectivity index (χ0) is 14.6.